The summed E-state index contributed by atoms with van der Waals surface area (Å²) < 4.78 is 0. The second-order valence-electron chi connectivity index (χ2n) is 3.41. The first kappa shape index (κ1) is 12.8. The average molecular weight is 205 g/mol. The molecule has 78 valence electrons. The van der Waals surface area contributed by atoms with Crippen LogP contribution in [0.4, 0.5) is 0 Å². The minimum Gasteiger partial charge on any atom is -0.395 e. The van der Waals surface area contributed by atoms with E-state index in [2.05, 4.69) is 5.32 Å². The molecule has 0 spiro atoms. The third-order valence-electron chi connectivity index (χ3n) is 1.93. The molecule has 1 amide bonds. The highest BCUT2D eigenvalue weighted by Crippen LogP contribution is 2.10. The van der Waals surface area contributed by atoms with Crippen molar-refractivity contribution in [3.63, 3.8) is 0 Å². The largest absolute Gasteiger partial charge is 0.395 e. The fourth-order valence-corrected chi connectivity index (χ4v) is 1.55. The first-order chi connectivity index (χ1) is 6.02. The predicted octanol–water partition coefficient (Wildman–Crippen LogP) is 0.871. The third-order valence-corrected chi connectivity index (χ3v) is 3.10. The molecule has 0 saturated carbocycles. The Balaban J connectivity index is 3.97. The standard InChI is InChI=1S/C9H19NO2S/c1-6(2)9(12)10-7(3)8(5-11)13-4/h6-8,11H,5H2,1-4H3,(H,10,12). The smallest absolute Gasteiger partial charge is 0.222 e. The van der Waals surface area contributed by atoms with Crippen LogP contribution in [0.2, 0.25) is 0 Å². The van der Waals surface area contributed by atoms with E-state index in [0.717, 1.165) is 0 Å². The van der Waals surface area contributed by atoms with Gasteiger partial charge in [0.05, 0.1) is 6.61 Å². The van der Waals surface area contributed by atoms with Gasteiger partial charge in [0.15, 0.2) is 0 Å². The number of amides is 1. The van der Waals surface area contributed by atoms with Gasteiger partial charge in [-0.15, -0.1) is 0 Å². The van der Waals surface area contributed by atoms with Crippen molar-refractivity contribution in [2.45, 2.75) is 32.1 Å². The molecule has 0 aromatic carbocycles. The summed E-state index contributed by atoms with van der Waals surface area (Å²) in [6.45, 7) is 5.72. The van der Waals surface area contributed by atoms with Gasteiger partial charge in [0, 0.05) is 17.2 Å². The SMILES string of the molecule is CSC(CO)C(C)NC(=O)C(C)C. The van der Waals surface area contributed by atoms with Crippen LogP contribution in [-0.4, -0.2) is 35.2 Å². The number of thioether (sulfide) groups is 1. The molecule has 0 fully saturated rings. The van der Waals surface area contributed by atoms with Gasteiger partial charge in [-0.2, -0.15) is 11.8 Å². The van der Waals surface area contributed by atoms with Gasteiger partial charge in [0.2, 0.25) is 5.91 Å². The molecule has 0 radical (unpaired) electrons. The van der Waals surface area contributed by atoms with Crippen LogP contribution in [0.5, 0.6) is 0 Å². The van der Waals surface area contributed by atoms with Crippen LogP contribution < -0.4 is 5.32 Å². The maximum absolute atomic E-state index is 11.3. The number of carbonyl (C=O) groups excluding carboxylic acids is 1. The first-order valence-corrected chi connectivity index (χ1v) is 5.75. The van der Waals surface area contributed by atoms with Gasteiger partial charge in [-0.25, -0.2) is 0 Å². The van der Waals surface area contributed by atoms with Crippen LogP contribution in [0.25, 0.3) is 0 Å². The van der Waals surface area contributed by atoms with Crippen LogP contribution >= 0.6 is 11.8 Å². The molecule has 0 rings (SSSR count). The second-order valence-corrected chi connectivity index (χ2v) is 4.49. The zero-order valence-electron chi connectivity index (χ0n) is 8.70. The summed E-state index contributed by atoms with van der Waals surface area (Å²) in [6.07, 6.45) is 1.93. The molecule has 3 nitrogen and oxygen atoms in total. The lowest BCUT2D eigenvalue weighted by Gasteiger charge is -2.22. The molecular weight excluding hydrogens is 186 g/mol. The highest BCUT2D eigenvalue weighted by molar-refractivity contribution is 7.99. The number of hydrogen-bond donors (Lipinski definition) is 2. The van der Waals surface area contributed by atoms with E-state index in [1.165, 1.54) is 0 Å². The van der Waals surface area contributed by atoms with Crippen molar-refractivity contribution in [3.05, 3.63) is 0 Å². The Kier molecular flexibility index (Phi) is 6.16. The molecular formula is C9H19NO2S. The topological polar surface area (TPSA) is 49.3 Å². The predicted molar refractivity (Wildman–Crippen MR) is 56.8 cm³/mol. The van der Waals surface area contributed by atoms with Gasteiger partial charge in [0.25, 0.3) is 0 Å². The van der Waals surface area contributed by atoms with E-state index in [-0.39, 0.29) is 29.7 Å². The maximum Gasteiger partial charge on any atom is 0.222 e. The molecule has 2 atom stereocenters. The van der Waals surface area contributed by atoms with E-state index in [1.807, 2.05) is 27.0 Å². The molecule has 2 N–H and O–H groups in total. The fourth-order valence-electron chi connectivity index (χ4n) is 0.921. The van der Waals surface area contributed by atoms with Gasteiger partial charge in [-0.3, -0.25) is 4.79 Å². The van der Waals surface area contributed by atoms with Crippen LogP contribution in [0.1, 0.15) is 20.8 Å². The van der Waals surface area contributed by atoms with Crippen LogP contribution in [-0.2, 0) is 4.79 Å². The van der Waals surface area contributed by atoms with Crippen molar-refractivity contribution in [3.8, 4) is 0 Å². The molecule has 13 heavy (non-hydrogen) atoms. The summed E-state index contributed by atoms with van der Waals surface area (Å²) in [5, 5.41) is 11.9. The van der Waals surface area contributed by atoms with Gasteiger partial charge >= 0.3 is 0 Å². The normalized spacial score (nSPS) is 15.5. The maximum atomic E-state index is 11.3. The summed E-state index contributed by atoms with van der Waals surface area (Å²) in [4.78, 5) is 11.3. The minimum atomic E-state index is 0.00338. The molecule has 0 aliphatic carbocycles. The molecule has 0 aliphatic heterocycles. The zero-order valence-corrected chi connectivity index (χ0v) is 9.52. The van der Waals surface area contributed by atoms with E-state index in [1.54, 1.807) is 11.8 Å². The van der Waals surface area contributed by atoms with E-state index in [0.29, 0.717) is 0 Å². The Morgan fingerprint density at radius 1 is 1.46 bits per heavy atom. The summed E-state index contributed by atoms with van der Waals surface area (Å²) >= 11 is 1.57. The molecule has 0 saturated heterocycles. The number of carbonyl (C=O) groups is 1. The number of aliphatic hydroxyl groups is 1. The lowest BCUT2D eigenvalue weighted by molar-refractivity contribution is -0.124. The lowest BCUT2D eigenvalue weighted by Crippen LogP contribution is -2.42. The molecule has 0 aromatic rings. The third kappa shape index (κ3) is 4.52. The van der Waals surface area contributed by atoms with Crippen LogP contribution in [0.15, 0.2) is 0 Å². The van der Waals surface area contributed by atoms with E-state index in [9.17, 15) is 4.79 Å². The average Bonchev–Trinajstić information content (AvgIpc) is 2.06. The summed E-state index contributed by atoms with van der Waals surface area (Å²) in [5.74, 6) is 0.0450. The number of hydrogen-bond acceptors (Lipinski definition) is 3. The molecule has 0 aromatic heterocycles. The molecule has 2 unspecified atom stereocenters. The fraction of sp³-hybridized carbons (Fsp3) is 0.889. The molecule has 0 bridgehead atoms. The van der Waals surface area contributed by atoms with E-state index < -0.39 is 0 Å². The van der Waals surface area contributed by atoms with Gasteiger partial charge in [-0.1, -0.05) is 13.8 Å². The summed E-state index contributed by atoms with van der Waals surface area (Å²) in [6, 6.07) is 0.0231. The Morgan fingerprint density at radius 2 is 2.00 bits per heavy atom. The van der Waals surface area contributed by atoms with Crippen molar-refractivity contribution >= 4 is 17.7 Å². The van der Waals surface area contributed by atoms with Crippen molar-refractivity contribution in [2.75, 3.05) is 12.9 Å². The van der Waals surface area contributed by atoms with E-state index in [4.69, 9.17) is 5.11 Å². The Bertz CT molecular complexity index is 158. The zero-order chi connectivity index (χ0) is 10.4. The number of nitrogens with one attached hydrogen (secondary N) is 1. The van der Waals surface area contributed by atoms with Crippen molar-refractivity contribution < 1.29 is 9.90 Å². The highest BCUT2D eigenvalue weighted by atomic mass is 32.2. The van der Waals surface area contributed by atoms with Gasteiger partial charge < -0.3 is 10.4 Å². The first-order valence-electron chi connectivity index (χ1n) is 4.47. The monoisotopic (exact) mass is 205 g/mol. The van der Waals surface area contributed by atoms with Gasteiger partial charge in [-0.05, 0) is 13.2 Å². The molecule has 4 heteroatoms. The lowest BCUT2D eigenvalue weighted by atomic mass is 10.1. The molecule has 0 aliphatic rings. The van der Waals surface area contributed by atoms with Crippen molar-refractivity contribution in [1.82, 2.24) is 5.32 Å². The summed E-state index contributed by atoms with van der Waals surface area (Å²) in [7, 11) is 0. The quantitative estimate of drug-likeness (QED) is 0.700. The molecule has 0 heterocycles. The van der Waals surface area contributed by atoms with Crippen molar-refractivity contribution in [1.29, 1.82) is 0 Å². The Morgan fingerprint density at radius 3 is 2.31 bits per heavy atom. The van der Waals surface area contributed by atoms with Crippen LogP contribution in [0, 0.1) is 5.92 Å². The second kappa shape index (κ2) is 6.27. The van der Waals surface area contributed by atoms with Gasteiger partial charge in [0.1, 0.15) is 0 Å². The number of rotatable bonds is 5. The highest BCUT2D eigenvalue weighted by Gasteiger charge is 2.18. The van der Waals surface area contributed by atoms with Crippen LogP contribution in [0.3, 0.4) is 0 Å². The minimum absolute atomic E-state index is 0.00338. The van der Waals surface area contributed by atoms with Crippen molar-refractivity contribution in [2.24, 2.45) is 5.92 Å². The Labute approximate surface area is 84.3 Å². The Hall–Kier alpha value is -0.220. The van der Waals surface area contributed by atoms with E-state index >= 15 is 0 Å². The summed E-state index contributed by atoms with van der Waals surface area (Å²) in [5.41, 5.74) is 0. The number of aliphatic hydroxyl groups excluding tert-OH is 1.